The van der Waals surface area contributed by atoms with Gasteiger partial charge in [0.05, 0.1) is 5.33 Å². The van der Waals surface area contributed by atoms with Crippen LogP contribution >= 0.6 is 15.9 Å². The zero-order valence-corrected chi connectivity index (χ0v) is 16.2. The fourth-order valence-corrected chi connectivity index (χ4v) is 2.47. The Morgan fingerprint density at radius 3 is 2.27 bits per heavy atom. The lowest BCUT2D eigenvalue weighted by Gasteiger charge is -2.23. The normalized spacial score (nSPS) is 12.4. The molecule has 128 valence electrons. The summed E-state index contributed by atoms with van der Waals surface area (Å²) < 4.78 is 5.44. The van der Waals surface area contributed by atoms with Gasteiger partial charge in [0, 0.05) is 19.5 Å². The average molecular weight is 396 g/mol. The minimum atomic E-state index is -1.96. The third kappa shape index (κ3) is 10.7. The Kier molecular flexibility index (Phi) is 10.3. The van der Waals surface area contributed by atoms with Crippen molar-refractivity contribution in [3.05, 3.63) is 0 Å². The number of hydrogen-bond acceptors (Lipinski definition) is 5. The molecule has 0 heterocycles. The molecule has 3 N–H and O–H groups in total. The average Bonchev–Trinajstić information content (AvgIpc) is 2.41. The third-order valence-electron chi connectivity index (χ3n) is 2.44. The molecule has 0 saturated heterocycles. The Hall–Kier alpha value is -0.933. The number of hydrogen-bond donors (Lipinski definition) is 3. The molecule has 0 aliphatic carbocycles. The van der Waals surface area contributed by atoms with Gasteiger partial charge < -0.3 is 20.4 Å². The van der Waals surface area contributed by atoms with Crippen LogP contribution in [0.4, 0.5) is 0 Å². The maximum absolute atomic E-state index is 12.0. The molecule has 0 aromatic carbocycles. The summed E-state index contributed by atoms with van der Waals surface area (Å²) in [4.78, 5) is 34.7. The van der Waals surface area contributed by atoms with Crippen LogP contribution < -0.4 is 16.0 Å². The molecule has 0 bridgehead atoms. The fraction of sp³-hybridized carbons (Fsp3) is 0.769. The zero-order valence-electron chi connectivity index (χ0n) is 13.6. The highest BCUT2D eigenvalue weighted by Crippen LogP contribution is 2.04. The Morgan fingerprint density at radius 1 is 1.14 bits per heavy atom. The van der Waals surface area contributed by atoms with Crippen LogP contribution in [0.2, 0.25) is 19.6 Å². The maximum Gasteiger partial charge on any atom is 0.311 e. The summed E-state index contributed by atoms with van der Waals surface area (Å²) >= 11 is 3.02. The van der Waals surface area contributed by atoms with Gasteiger partial charge >= 0.3 is 5.97 Å². The van der Waals surface area contributed by atoms with Gasteiger partial charge in [-0.15, -0.1) is 0 Å². The molecule has 1 atom stereocenters. The second kappa shape index (κ2) is 10.7. The van der Waals surface area contributed by atoms with Crippen molar-refractivity contribution in [2.24, 2.45) is 0 Å². The van der Waals surface area contributed by atoms with Crippen molar-refractivity contribution in [3.63, 3.8) is 0 Å². The molecular weight excluding hydrogens is 370 g/mol. The van der Waals surface area contributed by atoms with Gasteiger partial charge in [-0.25, -0.2) is 0 Å². The van der Waals surface area contributed by atoms with Gasteiger partial charge in [-0.05, 0) is 26.2 Å². The van der Waals surface area contributed by atoms with E-state index in [9.17, 15) is 14.4 Å². The molecule has 0 aliphatic heterocycles. The highest BCUT2D eigenvalue weighted by Gasteiger charge is 2.26. The largest absolute Gasteiger partial charge is 0.519 e. The SMILES string of the molecule is CCN[C@H](CNC(=O)CCNC(=O)CBr)C(=O)O[Si](C)(C)C. The molecule has 0 fully saturated rings. The van der Waals surface area contributed by atoms with Crippen LogP contribution in [0.25, 0.3) is 0 Å². The molecule has 0 aliphatic rings. The number of alkyl halides is 1. The van der Waals surface area contributed by atoms with Crippen molar-refractivity contribution in [2.75, 3.05) is 25.0 Å². The second-order valence-corrected chi connectivity index (χ2v) is 10.7. The summed E-state index contributed by atoms with van der Waals surface area (Å²) in [6.45, 7) is 8.70. The highest BCUT2D eigenvalue weighted by molar-refractivity contribution is 9.09. The van der Waals surface area contributed by atoms with Gasteiger partial charge in [-0.1, -0.05) is 22.9 Å². The molecule has 0 spiro atoms. The molecular formula is C13H26BrN3O4Si. The lowest BCUT2D eigenvalue weighted by molar-refractivity contribution is -0.137. The van der Waals surface area contributed by atoms with Crippen molar-refractivity contribution in [1.29, 1.82) is 0 Å². The summed E-state index contributed by atoms with van der Waals surface area (Å²) in [5.41, 5.74) is 0. The molecule has 0 saturated carbocycles. The third-order valence-corrected chi connectivity index (χ3v) is 3.76. The Labute approximate surface area is 141 Å². The van der Waals surface area contributed by atoms with E-state index < -0.39 is 14.4 Å². The van der Waals surface area contributed by atoms with E-state index in [2.05, 4.69) is 31.9 Å². The van der Waals surface area contributed by atoms with Gasteiger partial charge in [-0.2, -0.15) is 0 Å². The van der Waals surface area contributed by atoms with Crippen LogP contribution in [-0.2, 0) is 18.8 Å². The lowest BCUT2D eigenvalue weighted by Crippen LogP contribution is -2.49. The van der Waals surface area contributed by atoms with E-state index in [-0.39, 0.29) is 42.6 Å². The van der Waals surface area contributed by atoms with Crippen LogP contribution in [0.15, 0.2) is 0 Å². The van der Waals surface area contributed by atoms with Gasteiger partial charge in [0.15, 0.2) is 0 Å². The van der Waals surface area contributed by atoms with E-state index in [4.69, 9.17) is 4.43 Å². The molecule has 9 heteroatoms. The monoisotopic (exact) mass is 395 g/mol. The highest BCUT2D eigenvalue weighted by atomic mass is 79.9. The van der Waals surface area contributed by atoms with Crippen molar-refractivity contribution in [1.82, 2.24) is 16.0 Å². The molecule has 0 radical (unpaired) electrons. The van der Waals surface area contributed by atoms with Crippen LogP contribution in [0.1, 0.15) is 13.3 Å². The lowest BCUT2D eigenvalue weighted by atomic mass is 10.3. The van der Waals surface area contributed by atoms with E-state index in [1.165, 1.54) is 0 Å². The summed E-state index contributed by atoms with van der Waals surface area (Å²) in [6.07, 6.45) is 0.167. The first-order valence-electron chi connectivity index (χ1n) is 7.25. The molecule has 0 unspecified atom stereocenters. The first-order chi connectivity index (χ1) is 10.2. The standard InChI is InChI=1S/C13H26BrN3O4Si/c1-5-15-10(13(20)21-22(2,3)4)9-17-11(18)6-7-16-12(19)8-14/h10,15H,5-9H2,1-4H3,(H,16,19)(H,17,18)/t10-/m1/s1. The first-order valence-corrected chi connectivity index (χ1v) is 11.8. The summed E-state index contributed by atoms with van der Waals surface area (Å²) in [6, 6.07) is -0.558. The smallest absolute Gasteiger partial charge is 0.311 e. The molecule has 2 amide bonds. The molecule has 7 nitrogen and oxygen atoms in total. The van der Waals surface area contributed by atoms with Crippen molar-refractivity contribution < 1.29 is 18.8 Å². The summed E-state index contributed by atoms with van der Waals surface area (Å²) in [5, 5.41) is 8.47. The quantitative estimate of drug-likeness (QED) is 0.366. The minimum absolute atomic E-state index is 0.167. The fourth-order valence-electron chi connectivity index (χ4n) is 1.53. The number of nitrogens with one attached hydrogen (secondary N) is 3. The summed E-state index contributed by atoms with van der Waals surface area (Å²) in [7, 11) is -1.96. The number of rotatable bonds is 10. The topological polar surface area (TPSA) is 96.5 Å². The number of amides is 2. The van der Waals surface area contributed by atoms with Crippen molar-refractivity contribution in [3.8, 4) is 0 Å². The number of likely N-dealkylation sites (N-methyl/N-ethyl adjacent to an activating group) is 1. The zero-order chi connectivity index (χ0) is 17.2. The molecule has 22 heavy (non-hydrogen) atoms. The summed E-state index contributed by atoms with van der Waals surface area (Å²) in [5.74, 6) is -0.732. The van der Waals surface area contributed by atoms with E-state index in [1.54, 1.807) is 0 Å². The minimum Gasteiger partial charge on any atom is -0.519 e. The van der Waals surface area contributed by atoms with Gasteiger partial charge in [-0.3, -0.25) is 14.4 Å². The Bertz CT molecular complexity index is 388. The van der Waals surface area contributed by atoms with E-state index in [0.717, 1.165) is 0 Å². The van der Waals surface area contributed by atoms with Crippen LogP contribution in [-0.4, -0.2) is 57.1 Å². The van der Waals surface area contributed by atoms with E-state index >= 15 is 0 Å². The number of carbonyl (C=O) groups excluding carboxylic acids is 3. The Balaban J connectivity index is 4.21. The van der Waals surface area contributed by atoms with Crippen molar-refractivity contribution >= 4 is 42.0 Å². The second-order valence-electron chi connectivity index (χ2n) is 5.68. The maximum atomic E-state index is 12.0. The van der Waals surface area contributed by atoms with Gasteiger partial charge in [0.1, 0.15) is 6.04 Å². The van der Waals surface area contributed by atoms with Crippen LogP contribution in [0, 0.1) is 0 Å². The van der Waals surface area contributed by atoms with Gasteiger partial charge in [0.2, 0.25) is 20.1 Å². The number of carbonyl (C=O) groups is 3. The Morgan fingerprint density at radius 2 is 1.77 bits per heavy atom. The molecule has 0 aromatic rings. The molecule has 0 aromatic heterocycles. The van der Waals surface area contributed by atoms with Crippen LogP contribution in [0.3, 0.4) is 0 Å². The predicted octanol–water partition coefficient (Wildman–Crippen LogP) is 0.360. The van der Waals surface area contributed by atoms with E-state index in [1.807, 2.05) is 26.6 Å². The predicted molar refractivity (Wildman–Crippen MR) is 91.3 cm³/mol. The number of halogens is 1. The molecule has 0 rings (SSSR count). The van der Waals surface area contributed by atoms with Crippen molar-refractivity contribution in [2.45, 2.75) is 39.0 Å². The van der Waals surface area contributed by atoms with Gasteiger partial charge in [0.25, 0.3) is 0 Å². The van der Waals surface area contributed by atoms with E-state index in [0.29, 0.717) is 6.54 Å². The van der Waals surface area contributed by atoms with Crippen LogP contribution in [0.5, 0.6) is 0 Å². The first kappa shape index (κ1) is 21.1.